The first-order valence-corrected chi connectivity index (χ1v) is 5.09. The molecule has 0 unspecified atom stereocenters. The van der Waals surface area contributed by atoms with E-state index >= 15 is 0 Å². The number of rotatable bonds is 3. The Kier molecular flexibility index (Phi) is 4.66. The predicted octanol–water partition coefficient (Wildman–Crippen LogP) is 0.197. The van der Waals surface area contributed by atoms with Gasteiger partial charge in [0.25, 0.3) is 0 Å². The largest absolute Gasteiger partial charge is 0.385 e. The van der Waals surface area contributed by atoms with Gasteiger partial charge in [0.05, 0.1) is 0 Å². The molecule has 0 saturated heterocycles. The first kappa shape index (κ1) is 11.5. The maximum atomic E-state index is 2.51. The molecule has 0 N–H and O–H groups in total. The fourth-order valence-corrected chi connectivity index (χ4v) is 0.885. The third kappa shape index (κ3) is 5.69. The van der Waals surface area contributed by atoms with Gasteiger partial charge in [0.15, 0.2) is 0 Å². The topological polar surface area (TPSA) is 6.48 Å². The molecule has 11 heavy (non-hydrogen) atoms. The van der Waals surface area contributed by atoms with Crippen molar-refractivity contribution in [1.82, 2.24) is 8.78 Å². The van der Waals surface area contributed by atoms with E-state index in [-0.39, 0.29) is 0 Å². The Morgan fingerprint density at radius 2 is 1.55 bits per heavy atom. The minimum absolute atomic E-state index is 0.363. The molecule has 0 bridgehead atoms. The van der Waals surface area contributed by atoms with Crippen molar-refractivity contribution in [2.75, 3.05) is 27.2 Å². The molecule has 0 atom stereocenters. The summed E-state index contributed by atoms with van der Waals surface area (Å²) in [5.74, 6) is 0. The van der Waals surface area contributed by atoms with Gasteiger partial charge in [-0.2, -0.15) is 0 Å². The van der Waals surface area contributed by atoms with E-state index < -0.39 is 0 Å². The fraction of sp³-hybridized carbons (Fsp3) is 1.00. The van der Waals surface area contributed by atoms with Crippen molar-refractivity contribution in [1.29, 1.82) is 0 Å². The first-order chi connectivity index (χ1) is 4.84. The Morgan fingerprint density at radius 3 is 1.82 bits per heavy atom. The van der Waals surface area contributed by atoms with Crippen LogP contribution in [0.5, 0.6) is 0 Å². The van der Waals surface area contributed by atoms with Crippen LogP contribution in [0.25, 0.3) is 0 Å². The number of hydrogen-bond acceptors (Lipinski definition) is 2. The van der Waals surface area contributed by atoms with Gasteiger partial charge >= 0.3 is 16.5 Å². The summed E-state index contributed by atoms with van der Waals surface area (Å²) in [6.45, 7) is 9.18. The van der Waals surface area contributed by atoms with Gasteiger partial charge < -0.3 is 8.78 Å². The number of likely N-dealkylation sites (N-methyl/N-ethyl adjacent to an activating group) is 1. The molecule has 0 saturated carbocycles. The lowest BCUT2D eigenvalue weighted by atomic mass is 10.1. The highest BCUT2D eigenvalue weighted by Crippen LogP contribution is 2.08. The van der Waals surface area contributed by atoms with Gasteiger partial charge in [0.2, 0.25) is 0 Å². The second kappa shape index (κ2) is 4.47. The molecule has 0 heterocycles. The minimum atomic E-state index is 0.363. The third-order valence-electron chi connectivity index (χ3n) is 2.03. The lowest BCUT2D eigenvalue weighted by molar-refractivity contribution is 0.235. The fourth-order valence-electron chi connectivity index (χ4n) is 0.685. The van der Waals surface area contributed by atoms with Gasteiger partial charge in [-0.25, -0.2) is 0 Å². The van der Waals surface area contributed by atoms with Crippen molar-refractivity contribution >= 4 is 16.5 Å². The highest BCUT2D eigenvalue weighted by atomic mass is 27.1. The second-order valence-corrected chi connectivity index (χ2v) is 5.48. The first-order valence-electron chi connectivity index (χ1n) is 4.20. The zero-order valence-electron chi connectivity index (χ0n) is 8.81. The zero-order chi connectivity index (χ0) is 9.07. The average Bonchev–Trinajstić information content (AvgIpc) is 1.80. The normalized spacial score (nSPS) is 13.0. The van der Waals surface area contributed by atoms with Crippen molar-refractivity contribution in [3.63, 3.8) is 0 Å². The van der Waals surface area contributed by atoms with Crippen LogP contribution in [0.15, 0.2) is 0 Å². The molecule has 0 aromatic carbocycles. The van der Waals surface area contributed by atoms with Crippen LogP contribution in [0.1, 0.15) is 20.8 Å². The molecule has 2 nitrogen and oxygen atoms in total. The van der Waals surface area contributed by atoms with E-state index in [9.17, 15) is 0 Å². The standard InChI is InChI=1S/C8H19N2.Al.2H/c1-8(2,3)9-6-7-10(4)5;;;/h6-7H2,1-5H3;;;/q-1;+1;;. The molecular formula is C8H21AlN2. The smallest absolute Gasteiger partial charge is 0.322 e. The van der Waals surface area contributed by atoms with E-state index in [1.165, 1.54) is 13.1 Å². The van der Waals surface area contributed by atoms with Crippen LogP contribution in [0.3, 0.4) is 0 Å². The Hall–Kier alpha value is 0.452. The van der Waals surface area contributed by atoms with E-state index in [1.54, 1.807) is 0 Å². The summed E-state index contributed by atoms with van der Waals surface area (Å²) < 4.78 is 2.51. The van der Waals surface area contributed by atoms with Crippen LogP contribution in [0.4, 0.5) is 0 Å². The quantitative estimate of drug-likeness (QED) is 0.561. The summed E-state index contributed by atoms with van der Waals surface area (Å²) >= 11 is 1.16. The van der Waals surface area contributed by atoms with Gasteiger partial charge in [-0.3, -0.25) is 0 Å². The van der Waals surface area contributed by atoms with Crippen LogP contribution < -0.4 is 0 Å². The second-order valence-electron chi connectivity index (χ2n) is 4.40. The molecule has 0 aliphatic rings. The molecule has 0 spiro atoms. The van der Waals surface area contributed by atoms with Crippen molar-refractivity contribution < 1.29 is 0 Å². The van der Waals surface area contributed by atoms with Gasteiger partial charge in [-0.05, 0) is 47.0 Å². The lowest BCUT2D eigenvalue weighted by Crippen LogP contribution is -2.42. The minimum Gasteiger partial charge on any atom is -0.385 e. The highest BCUT2D eigenvalue weighted by Gasteiger charge is 2.14. The summed E-state index contributed by atoms with van der Waals surface area (Å²) in [6, 6.07) is 0. The summed E-state index contributed by atoms with van der Waals surface area (Å²) in [5.41, 5.74) is 0.363. The monoisotopic (exact) mass is 172 g/mol. The highest BCUT2D eigenvalue weighted by molar-refractivity contribution is 6.04. The molecule has 0 aromatic rings. The van der Waals surface area contributed by atoms with E-state index in [4.69, 9.17) is 0 Å². The SMILES string of the molecule is CN(C)CC[N]([AlH2])C(C)(C)C. The molecule has 0 aliphatic carbocycles. The van der Waals surface area contributed by atoms with Crippen LogP contribution in [-0.4, -0.2) is 58.0 Å². The van der Waals surface area contributed by atoms with Gasteiger partial charge in [-0.1, -0.05) is 0 Å². The molecule has 66 valence electrons. The molecule has 0 rings (SSSR count). The average molecular weight is 172 g/mol. The van der Waals surface area contributed by atoms with E-state index in [2.05, 4.69) is 43.6 Å². The van der Waals surface area contributed by atoms with E-state index in [1.807, 2.05) is 0 Å². The Morgan fingerprint density at radius 1 is 1.09 bits per heavy atom. The van der Waals surface area contributed by atoms with Gasteiger partial charge in [0, 0.05) is 6.54 Å². The van der Waals surface area contributed by atoms with Crippen molar-refractivity contribution in [2.24, 2.45) is 0 Å². The number of nitrogens with zero attached hydrogens (tertiary/aromatic N) is 2. The summed E-state index contributed by atoms with van der Waals surface area (Å²) in [5, 5.41) is 0. The lowest BCUT2D eigenvalue weighted by Gasteiger charge is -2.34. The zero-order valence-corrected chi connectivity index (χ0v) is 10.8. The van der Waals surface area contributed by atoms with Crippen LogP contribution >= 0.6 is 0 Å². The molecule has 0 fully saturated rings. The van der Waals surface area contributed by atoms with Crippen molar-refractivity contribution in [3.8, 4) is 0 Å². The van der Waals surface area contributed by atoms with Crippen molar-refractivity contribution in [3.05, 3.63) is 0 Å². The molecule has 0 radical (unpaired) electrons. The van der Waals surface area contributed by atoms with Crippen LogP contribution in [-0.2, 0) is 0 Å². The molecule has 0 aromatic heterocycles. The Balaban J connectivity index is 3.61. The van der Waals surface area contributed by atoms with Crippen molar-refractivity contribution in [2.45, 2.75) is 26.3 Å². The Bertz CT molecular complexity index is 107. The number of hydrogen-bond donors (Lipinski definition) is 0. The summed E-state index contributed by atoms with van der Waals surface area (Å²) in [6.07, 6.45) is 0. The maximum Gasteiger partial charge on any atom is 0.322 e. The van der Waals surface area contributed by atoms with E-state index in [0.717, 1.165) is 16.5 Å². The van der Waals surface area contributed by atoms with Gasteiger partial charge in [-0.15, -0.1) is 0 Å². The predicted molar refractivity (Wildman–Crippen MR) is 53.6 cm³/mol. The Labute approximate surface area is 79.2 Å². The van der Waals surface area contributed by atoms with Gasteiger partial charge in [0.1, 0.15) is 0 Å². The molecule has 3 heteroatoms. The maximum absolute atomic E-state index is 2.51. The summed E-state index contributed by atoms with van der Waals surface area (Å²) in [4.78, 5) is 2.23. The third-order valence-corrected chi connectivity index (χ3v) is 3.82. The summed E-state index contributed by atoms with van der Waals surface area (Å²) in [7, 11) is 4.25. The van der Waals surface area contributed by atoms with Crippen LogP contribution in [0.2, 0.25) is 0 Å². The van der Waals surface area contributed by atoms with E-state index in [0.29, 0.717) is 5.54 Å². The molecule has 0 aliphatic heterocycles. The molecule has 0 amide bonds. The van der Waals surface area contributed by atoms with Crippen LogP contribution in [0, 0.1) is 0 Å². The molecular weight excluding hydrogens is 151 g/mol.